The molecule has 114 valence electrons. The summed E-state index contributed by atoms with van der Waals surface area (Å²) in [7, 11) is 0. The largest absolute Gasteiger partial charge is 0.481 e. The third kappa shape index (κ3) is 3.54. The van der Waals surface area contributed by atoms with Crippen LogP contribution in [0.2, 0.25) is 5.02 Å². The second-order valence-corrected chi connectivity index (χ2v) is 5.75. The number of aryl methyl sites for hydroxylation is 1. The van der Waals surface area contributed by atoms with Gasteiger partial charge in [0, 0.05) is 30.3 Å². The van der Waals surface area contributed by atoms with Gasteiger partial charge in [0.15, 0.2) is 0 Å². The van der Waals surface area contributed by atoms with Crippen LogP contribution >= 0.6 is 11.6 Å². The lowest BCUT2D eigenvalue weighted by Gasteiger charge is -2.33. The van der Waals surface area contributed by atoms with Crippen LogP contribution in [0.3, 0.4) is 0 Å². The Kier molecular flexibility index (Phi) is 4.85. The maximum Gasteiger partial charge on any atom is 0.311 e. The van der Waals surface area contributed by atoms with E-state index in [1.807, 2.05) is 6.92 Å². The minimum atomic E-state index is -0.935. The summed E-state index contributed by atoms with van der Waals surface area (Å²) in [5, 5.41) is 12.7. The Labute approximate surface area is 128 Å². The Morgan fingerprint density at radius 3 is 2.62 bits per heavy atom. The van der Waals surface area contributed by atoms with Crippen molar-refractivity contribution in [3.05, 3.63) is 34.3 Å². The first-order chi connectivity index (χ1) is 9.94. The summed E-state index contributed by atoms with van der Waals surface area (Å²) < 4.78 is 5.20. The number of amides is 1. The molecule has 2 N–H and O–H groups in total. The minimum Gasteiger partial charge on any atom is -0.481 e. The summed E-state index contributed by atoms with van der Waals surface area (Å²) in [6, 6.07) is 4.98. The Bertz CT molecular complexity index is 553. The van der Waals surface area contributed by atoms with Crippen molar-refractivity contribution in [2.45, 2.75) is 19.8 Å². The Morgan fingerprint density at radius 1 is 1.38 bits per heavy atom. The zero-order valence-electron chi connectivity index (χ0n) is 11.8. The van der Waals surface area contributed by atoms with E-state index in [4.69, 9.17) is 16.3 Å². The van der Waals surface area contributed by atoms with Crippen molar-refractivity contribution in [1.82, 2.24) is 5.32 Å². The molecular weight excluding hydrogens is 294 g/mol. The fraction of sp³-hybridized carbons (Fsp3) is 0.467. The maximum atomic E-state index is 12.1. The van der Waals surface area contributed by atoms with Gasteiger partial charge in [-0.3, -0.25) is 9.59 Å². The van der Waals surface area contributed by atoms with E-state index in [1.54, 1.807) is 18.2 Å². The highest BCUT2D eigenvalue weighted by atomic mass is 35.5. The number of benzene rings is 1. The molecule has 0 atom stereocenters. The summed E-state index contributed by atoms with van der Waals surface area (Å²) in [6.45, 7) is 2.73. The monoisotopic (exact) mass is 311 g/mol. The van der Waals surface area contributed by atoms with Crippen LogP contribution in [0.25, 0.3) is 0 Å². The first kappa shape index (κ1) is 15.8. The lowest BCUT2D eigenvalue weighted by molar-refractivity contribution is -0.154. The number of carbonyl (C=O) groups excluding carboxylic acids is 1. The van der Waals surface area contributed by atoms with E-state index in [1.165, 1.54) is 0 Å². The highest BCUT2D eigenvalue weighted by molar-refractivity contribution is 6.31. The van der Waals surface area contributed by atoms with Gasteiger partial charge in [-0.15, -0.1) is 0 Å². The van der Waals surface area contributed by atoms with Crippen LogP contribution in [-0.2, 0) is 9.53 Å². The van der Waals surface area contributed by atoms with Gasteiger partial charge < -0.3 is 15.2 Å². The molecule has 1 saturated heterocycles. The van der Waals surface area contributed by atoms with Crippen LogP contribution in [0.5, 0.6) is 0 Å². The Morgan fingerprint density at radius 2 is 2.05 bits per heavy atom. The van der Waals surface area contributed by atoms with Crippen molar-refractivity contribution in [3.8, 4) is 0 Å². The Balaban J connectivity index is 2.05. The van der Waals surface area contributed by atoms with Gasteiger partial charge in [0.25, 0.3) is 5.91 Å². The molecule has 1 heterocycles. The number of nitrogens with one attached hydrogen (secondary N) is 1. The fourth-order valence-corrected chi connectivity index (χ4v) is 2.48. The first-order valence-corrected chi connectivity index (χ1v) is 7.18. The third-order valence-electron chi connectivity index (χ3n) is 3.91. The normalized spacial score (nSPS) is 17.2. The van der Waals surface area contributed by atoms with E-state index in [-0.39, 0.29) is 12.5 Å². The highest BCUT2D eigenvalue weighted by Crippen LogP contribution is 2.30. The molecule has 1 aliphatic rings. The number of hydrogen-bond donors (Lipinski definition) is 2. The van der Waals surface area contributed by atoms with Gasteiger partial charge in [-0.25, -0.2) is 0 Å². The fourth-order valence-electron chi connectivity index (χ4n) is 2.37. The van der Waals surface area contributed by atoms with Crippen LogP contribution in [0, 0.1) is 12.3 Å². The zero-order valence-corrected chi connectivity index (χ0v) is 12.6. The zero-order chi connectivity index (χ0) is 15.5. The van der Waals surface area contributed by atoms with Gasteiger partial charge in [-0.05, 0) is 43.5 Å². The smallest absolute Gasteiger partial charge is 0.311 e. The standard InChI is InChI=1S/C15H18ClNO4/c1-10-8-11(2-3-12(10)16)13(18)17-9-15(14(19)20)4-6-21-7-5-15/h2-3,8H,4-7,9H2,1H3,(H,17,18)(H,19,20). The van der Waals surface area contributed by atoms with Gasteiger partial charge in [0.1, 0.15) is 0 Å². The van der Waals surface area contributed by atoms with E-state index in [2.05, 4.69) is 5.32 Å². The molecule has 1 fully saturated rings. The van der Waals surface area contributed by atoms with Crippen LogP contribution in [0.1, 0.15) is 28.8 Å². The van der Waals surface area contributed by atoms with Gasteiger partial charge in [-0.1, -0.05) is 11.6 Å². The van der Waals surface area contributed by atoms with E-state index in [0.29, 0.717) is 36.6 Å². The van der Waals surface area contributed by atoms with Crippen molar-refractivity contribution in [1.29, 1.82) is 0 Å². The van der Waals surface area contributed by atoms with Gasteiger partial charge in [-0.2, -0.15) is 0 Å². The number of carboxylic acids is 1. The SMILES string of the molecule is Cc1cc(C(=O)NCC2(C(=O)O)CCOCC2)ccc1Cl. The molecule has 5 nitrogen and oxygen atoms in total. The van der Waals surface area contributed by atoms with E-state index < -0.39 is 11.4 Å². The number of aliphatic carboxylic acids is 1. The van der Waals surface area contributed by atoms with Crippen molar-refractivity contribution >= 4 is 23.5 Å². The van der Waals surface area contributed by atoms with Gasteiger partial charge in [0.2, 0.25) is 0 Å². The molecule has 0 radical (unpaired) electrons. The van der Waals surface area contributed by atoms with Crippen LogP contribution in [0.4, 0.5) is 0 Å². The summed E-state index contributed by atoms with van der Waals surface area (Å²) in [5.74, 6) is -1.18. The highest BCUT2D eigenvalue weighted by Gasteiger charge is 2.40. The molecular formula is C15H18ClNO4. The molecule has 1 aliphatic heterocycles. The molecule has 0 aromatic heterocycles. The average Bonchev–Trinajstić information content (AvgIpc) is 2.48. The van der Waals surface area contributed by atoms with Crippen LogP contribution in [-0.4, -0.2) is 36.7 Å². The molecule has 0 bridgehead atoms. The average molecular weight is 312 g/mol. The third-order valence-corrected chi connectivity index (χ3v) is 4.34. The van der Waals surface area contributed by atoms with Crippen molar-refractivity contribution in [2.75, 3.05) is 19.8 Å². The second kappa shape index (κ2) is 6.45. The summed E-state index contributed by atoms with van der Waals surface area (Å²) in [5.41, 5.74) is 0.350. The predicted octanol–water partition coefficient (Wildman–Crippen LogP) is 2.26. The number of carbonyl (C=O) groups is 2. The lowest BCUT2D eigenvalue weighted by Crippen LogP contribution is -2.46. The minimum absolute atomic E-state index is 0.103. The molecule has 21 heavy (non-hydrogen) atoms. The van der Waals surface area contributed by atoms with Crippen molar-refractivity contribution in [3.63, 3.8) is 0 Å². The number of halogens is 1. The van der Waals surface area contributed by atoms with Gasteiger partial charge in [0.05, 0.1) is 5.41 Å². The van der Waals surface area contributed by atoms with Crippen molar-refractivity contribution < 1.29 is 19.4 Å². The summed E-state index contributed by atoms with van der Waals surface area (Å²) in [6.07, 6.45) is 0.810. The molecule has 2 rings (SSSR count). The molecule has 1 aromatic rings. The molecule has 1 aromatic carbocycles. The molecule has 0 saturated carbocycles. The first-order valence-electron chi connectivity index (χ1n) is 6.80. The number of ether oxygens (including phenoxy) is 1. The quantitative estimate of drug-likeness (QED) is 0.894. The van der Waals surface area contributed by atoms with Crippen LogP contribution in [0.15, 0.2) is 18.2 Å². The summed E-state index contributed by atoms with van der Waals surface area (Å²) >= 11 is 5.92. The molecule has 0 unspecified atom stereocenters. The second-order valence-electron chi connectivity index (χ2n) is 5.34. The summed E-state index contributed by atoms with van der Waals surface area (Å²) in [4.78, 5) is 23.6. The molecule has 6 heteroatoms. The number of hydrogen-bond acceptors (Lipinski definition) is 3. The van der Waals surface area contributed by atoms with E-state index in [9.17, 15) is 14.7 Å². The number of rotatable bonds is 4. The van der Waals surface area contributed by atoms with Gasteiger partial charge >= 0.3 is 5.97 Å². The topological polar surface area (TPSA) is 75.6 Å². The molecule has 0 spiro atoms. The maximum absolute atomic E-state index is 12.1. The molecule has 0 aliphatic carbocycles. The van der Waals surface area contributed by atoms with Crippen LogP contribution < -0.4 is 5.32 Å². The van der Waals surface area contributed by atoms with E-state index in [0.717, 1.165) is 5.56 Å². The van der Waals surface area contributed by atoms with E-state index >= 15 is 0 Å². The number of carboxylic acid groups (broad SMARTS) is 1. The predicted molar refractivity (Wildman–Crippen MR) is 78.6 cm³/mol. The lowest BCUT2D eigenvalue weighted by atomic mass is 9.80. The van der Waals surface area contributed by atoms with Crippen molar-refractivity contribution in [2.24, 2.45) is 5.41 Å². The Hall–Kier alpha value is -1.59. The molecule has 1 amide bonds.